The van der Waals surface area contributed by atoms with Crippen molar-refractivity contribution < 1.29 is 4.79 Å². The molecule has 1 aliphatic carbocycles. The third kappa shape index (κ3) is 1.68. The maximum absolute atomic E-state index is 9.99. The van der Waals surface area contributed by atoms with Gasteiger partial charge < -0.3 is 0 Å². The van der Waals surface area contributed by atoms with E-state index in [1.165, 1.54) is 11.1 Å². The predicted molar refractivity (Wildman–Crippen MR) is 50.4 cm³/mol. The molecule has 0 aromatic heterocycles. The molecular formula is C11H11NO. The summed E-state index contributed by atoms with van der Waals surface area (Å²) in [4.78, 5) is 13.7. The van der Waals surface area contributed by atoms with Crippen LogP contribution in [0.5, 0.6) is 0 Å². The second kappa shape index (κ2) is 3.15. The van der Waals surface area contributed by atoms with E-state index in [-0.39, 0.29) is 6.04 Å². The van der Waals surface area contributed by atoms with Gasteiger partial charge in [0.05, 0.1) is 6.04 Å². The average molecular weight is 173 g/mol. The molecule has 0 N–H and O–H groups in total. The quantitative estimate of drug-likeness (QED) is 0.498. The minimum Gasteiger partial charge on any atom is -0.211 e. The maximum Gasteiger partial charge on any atom is 0.235 e. The number of benzene rings is 1. The molecule has 0 unspecified atom stereocenters. The summed E-state index contributed by atoms with van der Waals surface area (Å²) in [7, 11) is 0. The van der Waals surface area contributed by atoms with Gasteiger partial charge in [-0.25, -0.2) is 9.79 Å². The normalized spacial score (nSPS) is 25.0. The van der Waals surface area contributed by atoms with E-state index in [0.717, 1.165) is 6.42 Å². The Hall–Kier alpha value is -1.40. The zero-order valence-electron chi connectivity index (χ0n) is 7.53. The minimum absolute atomic E-state index is 0.195. The smallest absolute Gasteiger partial charge is 0.211 e. The van der Waals surface area contributed by atoms with Gasteiger partial charge in [0.1, 0.15) is 0 Å². The second-order valence-electron chi connectivity index (χ2n) is 3.54. The van der Waals surface area contributed by atoms with Crippen LogP contribution in [0.2, 0.25) is 0 Å². The molecule has 0 bridgehead atoms. The molecule has 2 nitrogen and oxygen atoms in total. The van der Waals surface area contributed by atoms with Crippen molar-refractivity contribution in [1.29, 1.82) is 0 Å². The lowest BCUT2D eigenvalue weighted by molar-refractivity contribution is 0.562. The van der Waals surface area contributed by atoms with Crippen LogP contribution in [0.25, 0.3) is 0 Å². The van der Waals surface area contributed by atoms with Gasteiger partial charge in [0.25, 0.3) is 0 Å². The molecule has 1 aliphatic rings. The first-order chi connectivity index (χ1) is 6.31. The van der Waals surface area contributed by atoms with Gasteiger partial charge in [-0.1, -0.05) is 29.8 Å². The first-order valence-corrected chi connectivity index (χ1v) is 4.45. The van der Waals surface area contributed by atoms with Gasteiger partial charge in [-0.3, -0.25) is 0 Å². The molecule has 0 aliphatic heterocycles. The van der Waals surface area contributed by atoms with Crippen LogP contribution in [-0.4, -0.2) is 12.1 Å². The van der Waals surface area contributed by atoms with Crippen LogP contribution >= 0.6 is 0 Å². The lowest BCUT2D eigenvalue weighted by atomic mass is 10.1. The highest BCUT2D eigenvalue weighted by molar-refractivity contribution is 5.38. The van der Waals surface area contributed by atoms with Crippen molar-refractivity contribution in [2.24, 2.45) is 4.99 Å². The Morgan fingerprint density at radius 1 is 1.38 bits per heavy atom. The fraction of sp³-hybridized carbons (Fsp3) is 0.364. The molecule has 0 amide bonds. The molecule has 0 heterocycles. The molecule has 2 atom stereocenters. The standard InChI is InChI=1S/C11H11NO/c1-8-2-4-9(5-3-8)10-6-11(10)12-7-13/h2-5,10-11H,6H2,1H3/t10-,11+/m0/s1. The van der Waals surface area contributed by atoms with Crippen molar-refractivity contribution >= 4 is 6.08 Å². The Labute approximate surface area is 77.3 Å². The number of carbonyl (C=O) groups excluding carboxylic acids is 1. The Morgan fingerprint density at radius 2 is 2.08 bits per heavy atom. The van der Waals surface area contributed by atoms with Crippen LogP contribution in [0.15, 0.2) is 29.3 Å². The third-order valence-corrected chi connectivity index (χ3v) is 2.48. The van der Waals surface area contributed by atoms with Crippen LogP contribution in [-0.2, 0) is 4.79 Å². The molecule has 13 heavy (non-hydrogen) atoms. The molecule has 1 aromatic carbocycles. The Morgan fingerprint density at radius 3 is 2.69 bits per heavy atom. The fourth-order valence-corrected chi connectivity index (χ4v) is 1.56. The van der Waals surface area contributed by atoms with E-state index >= 15 is 0 Å². The monoisotopic (exact) mass is 173 g/mol. The largest absolute Gasteiger partial charge is 0.235 e. The Kier molecular flexibility index (Phi) is 1.99. The predicted octanol–water partition coefficient (Wildman–Crippen LogP) is 2.19. The van der Waals surface area contributed by atoms with Crippen LogP contribution < -0.4 is 0 Å². The highest BCUT2D eigenvalue weighted by atomic mass is 16.1. The maximum atomic E-state index is 9.99. The molecule has 0 saturated heterocycles. The van der Waals surface area contributed by atoms with Crippen molar-refractivity contribution in [3.05, 3.63) is 35.4 Å². The Balaban J connectivity index is 2.12. The van der Waals surface area contributed by atoms with Crippen LogP contribution in [0.4, 0.5) is 0 Å². The number of rotatable bonds is 2. The van der Waals surface area contributed by atoms with Gasteiger partial charge in [0.15, 0.2) is 0 Å². The summed E-state index contributed by atoms with van der Waals surface area (Å²) >= 11 is 0. The van der Waals surface area contributed by atoms with Crippen molar-refractivity contribution in [3.8, 4) is 0 Å². The van der Waals surface area contributed by atoms with E-state index in [0.29, 0.717) is 5.92 Å². The molecule has 2 rings (SSSR count). The highest BCUT2D eigenvalue weighted by Crippen LogP contribution is 2.43. The molecule has 1 saturated carbocycles. The number of isocyanates is 1. The van der Waals surface area contributed by atoms with Crippen molar-refractivity contribution in [2.45, 2.75) is 25.3 Å². The molecular weight excluding hydrogens is 162 g/mol. The molecule has 0 spiro atoms. The zero-order chi connectivity index (χ0) is 9.26. The van der Waals surface area contributed by atoms with E-state index in [2.05, 4.69) is 36.2 Å². The van der Waals surface area contributed by atoms with E-state index in [1.807, 2.05) is 0 Å². The van der Waals surface area contributed by atoms with Gasteiger partial charge in [-0.05, 0) is 18.9 Å². The number of aryl methyl sites for hydroxylation is 1. The van der Waals surface area contributed by atoms with Crippen LogP contribution in [0, 0.1) is 6.92 Å². The van der Waals surface area contributed by atoms with Gasteiger partial charge in [-0.2, -0.15) is 0 Å². The third-order valence-electron chi connectivity index (χ3n) is 2.48. The summed E-state index contributed by atoms with van der Waals surface area (Å²) in [6, 6.07) is 8.60. The van der Waals surface area contributed by atoms with E-state index in [9.17, 15) is 4.79 Å². The first kappa shape index (κ1) is 8.21. The average Bonchev–Trinajstić information content (AvgIpc) is 2.86. The number of nitrogens with zero attached hydrogens (tertiary/aromatic N) is 1. The topological polar surface area (TPSA) is 29.4 Å². The molecule has 1 aromatic rings. The van der Waals surface area contributed by atoms with Crippen molar-refractivity contribution in [2.75, 3.05) is 0 Å². The van der Waals surface area contributed by atoms with Crippen LogP contribution in [0.3, 0.4) is 0 Å². The van der Waals surface area contributed by atoms with Crippen molar-refractivity contribution in [3.63, 3.8) is 0 Å². The van der Waals surface area contributed by atoms with Gasteiger partial charge >= 0.3 is 0 Å². The number of hydrogen-bond acceptors (Lipinski definition) is 2. The Bertz CT molecular complexity index is 349. The van der Waals surface area contributed by atoms with E-state index in [4.69, 9.17) is 0 Å². The number of aliphatic imine (C=N–C) groups is 1. The highest BCUT2D eigenvalue weighted by Gasteiger charge is 2.38. The molecule has 66 valence electrons. The summed E-state index contributed by atoms with van der Waals surface area (Å²) in [6.07, 6.45) is 2.61. The lowest BCUT2D eigenvalue weighted by Gasteiger charge is -1.97. The van der Waals surface area contributed by atoms with E-state index in [1.54, 1.807) is 6.08 Å². The molecule has 2 heteroatoms. The van der Waals surface area contributed by atoms with Crippen LogP contribution in [0.1, 0.15) is 23.5 Å². The lowest BCUT2D eigenvalue weighted by Crippen LogP contribution is -1.84. The van der Waals surface area contributed by atoms with Gasteiger partial charge in [0.2, 0.25) is 6.08 Å². The fourth-order valence-electron chi connectivity index (χ4n) is 1.56. The zero-order valence-corrected chi connectivity index (χ0v) is 7.53. The minimum atomic E-state index is 0.195. The summed E-state index contributed by atoms with van der Waals surface area (Å²) < 4.78 is 0. The second-order valence-corrected chi connectivity index (χ2v) is 3.54. The molecule has 1 fully saturated rings. The summed E-state index contributed by atoms with van der Waals surface area (Å²) in [5, 5.41) is 0. The van der Waals surface area contributed by atoms with Gasteiger partial charge in [0, 0.05) is 5.92 Å². The van der Waals surface area contributed by atoms with Crippen molar-refractivity contribution in [1.82, 2.24) is 0 Å². The molecule has 0 radical (unpaired) electrons. The van der Waals surface area contributed by atoms with Gasteiger partial charge in [-0.15, -0.1) is 0 Å². The first-order valence-electron chi connectivity index (χ1n) is 4.45. The number of hydrogen-bond donors (Lipinski definition) is 0. The summed E-state index contributed by atoms with van der Waals surface area (Å²) in [5.74, 6) is 0.460. The summed E-state index contributed by atoms with van der Waals surface area (Å²) in [6.45, 7) is 2.07. The summed E-state index contributed by atoms with van der Waals surface area (Å²) in [5.41, 5.74) is 2.55. The SMILES string of the molecule is Cc1ccc([C@@H]2C[C@H]2N=C=O)cc1. The van der Waals surface area contributed by atoms with E-state index < -0.39 is 0 Å².